The summed E-state index contributed by atoms with van der Waals surface area (Å²) in [6, 6.07) is 14.4. The Morgan fingerprint density at radius 3 is 2.62 bits per heavy atom. The van der Waals surface area contributed by atoms with E-state index in [2.05, 4.69) is 20.6 Å². The molecule has 0 saturated heterocycles. The van der Waals surface area contributed by atoms with Gasteiger partial charge < -0.3 is 10.6 Å². The van der Waals surface area contributed by atoms with E-state index >= 15 is 0 Å². The molecular weight excluding hydrogens is 324 g/mol. The number of pyridine rings is 2. The van der Waals surface area contributed by atoms with Crippen LogP contribution in [0.1, 0.15) is 15.9 Å². The molecule has 24 heavy (non-hydrogen) atoms. The van der Waals surface area contributed by atoms with Crippen LogP contribution in [-0.4, -0.2) is 15.9 Å². The molecule has 120 valence electrons. The third-order valence-corrected chi connectivity index (χ3v) is 3.67. The summed E-state index contributed by atoms with van der Waals surface area (Å²) in [5.74, 6) is 0.177. The van der Waals surface area contributed by atoms with Crippen LogP contribution in [0, 0.1) is 0 Å². The second kappa shape index (κ2) is 7.57. The van der Waals surface area contributed by atoms with Gasteiger partial charge in [0.15, 0.2) is 0 Å². The van der Waals surface area contributed by atoms with Crippen molar-refractivity contribution in [3.63, 3.8) is 0 Å². The van der Waals surface area contributed by atoms with Crippen LogP contribution in [0.3, 0.4) is 0 Å². The lowest BCUT2D eigenvalue weighted by atomic mass is 10.2. The zero-order valence-electron chi connectivity index (χ0n) is 12.7. The van der Waals surface area contributed by atoms with Crippen molar-refractivity contribution in [3.05, 3.63) is 83.3 Å². The average molecular weight is 339 g/mol. The fourth-order valence-corrected chi connectivity index (χ4v) is 2.33. The number of aromatic nitrogens is 2. The van der Waals surface area contributed by atoms with Crippen LogP contribution in [0.25, 0.3) is 0 Å². The zero-order valence-corrected chi connectivity index (χ0v) is 13.5. The van der Waals surface area contributed by atoms with E-state index < -0.39 is 0 Å². The van der Waals surface area contributed by atoms with Crippen LogP contribution in [-0.2, 0) is 6.54 Å². The minimum Gasteiger partial charge on any atom is -0.380 e. The third kappa shape index (κ3) is 4.08. The summed E-state index contributed by atoms with van der Waals surface area (Å²) in [5.41, 5.74) is 2.35. The van der Waals surface area contributed by atoms with Crippen molar-refractivity contribution in [1.82, 2.24) is 9.97 Å². The van der Waals surface area contributed by atoms with Crippen molar-refractivity contribution < 1.29 is 4.79 Å². The lowest BCUT2D eigenvalue weighted by Gasteiger charge is -2.08. The monoisotopic (exact) mass is 338 g/mol. The highest BCUT2D eigenvalue weighted by Gasteiger charge is 2.10. The van der Waals surface area contributed by atoms with Gasteiger partial charge in [-0.25, -0.2) is 4.98 Å². The normalized spacial score (nSPS) is 10.2. The number of hydrogen-bond acceptors (Lipinski definition) is 4. The minimum absolute atomic E-state index is 0.288. The Balaban J connectivity index is 1.60. The van der Waals surface area contributed by atoms with Gasteiger partial charge in [-0.2, -0.15) is 0 Å². The maximum atomic E-state index is 12.2. The van der Waals surface area contributed by atoms with E-state index in [9.17, 15) is 4.79 Å². The fourth-order valence-electron chi connectivity index (χ4n) is 2.11. The molecule has 6 heteroatoms. The Kier molecular flexibility index (Phi) is 5.03. The van der Waals surface area contributed by atoms with E-state index in [-0.39, 0.29) is 5.91 Å². The topological polar surface area (TPSA) is 66.9 Å². The number of carbonyl (C=O) groups excluding carboxylic acids is 1. The summed E-state index contributed by atoms with van der Waals surface area (Å²) in [4.78, 5) is 20.5. The standard InChI is InChI=1S/C18H15ClN4O/c19-16-6-2-1-5-15(16)18(24)23-17-8-7-14(12-22-17)21-11-13-4-3-9-20-10-13/h1-10,12,21H,11H2,(H,22,23,24). The molecule has 0 atom stereocenters. The van der Waals surface area contributed by atoms with Gasteiger partial charge in [0.25, 0.3) is 5.91 Å². The Hall–Kier alpha value is -2.92. The Labute approximate surface area is 144 Å². The van der Waals surface area contributed by atoms with E-state index in [0.717, 1.165) is 11.3 Å². The Bertz CT molecular complexity index is 822. The highest BCUT2D eigenvalue weighted by atomic mass is 35.5. The SMILES string of the molecule is O=C(Nc1ccc(NCc2cccnc2)cn1)c1ccccc1Cl. The molecule has 1 aromatic carbocycles. The van der Waals surface area contributed by atoms with E-state index in [0.29, 0.717) is 22.9 Å². The molecule has 0 unspecified atom stereocenters. The number of anilines is 2. The van der Waals surface area contributed by atoms with Gasteiger partial charge in [-0.3, -0.25) is 9.78 Å². The molecule has 0 aliphatic heterocycles. The molecule has 1 amide bonds. The molecule has 0 spiro atoms. The van der Waals surface area contributed by atoms with Gasteiger partial charge in [-0.05, 0) is 35.9 Å². The van der Waals surface area contributed by atoms with E-state index in [1.807, 2.05) is 18.2 Å². The van der Waals surface area contributed by atoms with Crippen LogP contribution in [0.4, 0.5) is 11.5 Å². The number of amides is 1. The van der Waals surface area contributed by atoms with Crippen molar-refractivity contribution in [2.75, 3.05) is 10.6 Å². The molecule has 0 radical (unpaired) electrons. The number of halogens is 1. The first-order chi connectivity index (χ1) is 11.7. The van der Waals surface area contributed by atoms with Gasteiger partial charge in [-0.15, -0.1) is 0 Å². The number of rotatable bonds is 5. The quantitative estimate of drug-likeness (QED) is 0.738. The highest BCUT2D eigenvalue weighted by Crippen LogP contribution is 2.17. The summed E-state index contributed by atoms with van der Waals surface area (Å²) >= 11 is 6.01. The summed E-state index contributed by atoms with van der Waals surface area (Å²) in [6.45, 7) is 0.654. The van der Waals surface area contributed by atoms with Gasteiger partial charge in [-0.1, -0.05) is 29.8 Å². The smallest absolute Gasteiger partial charge is 0.258 e. The van der Waals surface area contributed by atoms with Crippen LogP contribution in [0.5, 0.6) is 0 Å². The molecule has 5 nitrogen and oxygen atoms in total. The molecule has 0 aliphatic carbocycles. The molecule has 0 bridgehead atoms. The van der Waals surface area contributed by atoms with Gasteiger partial charge in [0.1, 0.15) is 5.82 Å². The van der Waals surface area contributed by atoms with Crippen LogP contribution < -0.4 is 10.6 Å². The second-order valence-corrected chi connectivity index (χ2v) is 5.49. The van der Waals surface area contributed by atoms with Crippen LogP contribution in [0.2, 0.25) is 5.02 Å². The number of hydrogen-bond donors (Lipinski definition) is 2. The fraction of sp³-hybridized carbons (Fsp3) is 0.0556. The van der Waals surface area contributed by atoms with E-state index in [1.54, 1.807) is 48.9 Å². The maximum Gasteiger partial charge on any atom is 0.258 e. The van der Waals surface area contributed by atoms with Crippen LogP contribution >= 0.6 is 11.6 Å². The average Bonchev–Trinajstić information content (AvgIpc) is 2.62. The predicted molar refractivity (Wildman–Crippen MR) is 95.2 cm³/mol. The van der Waals surface area contributed by atoms with Gasteiger partial charge >= 0.3 is 0 Å². The first kappa shape index (κ1) is 16.0. The van der Waals surface area contributed by atoms with E-state index in [1.165, 1.54) is 0 Å². The minimum atomic E-state index is -0.288. The van der Waals surface area contributed by atoms with Crippen molar-refractivity contribution in [3.8, 4) is 0 Å². The number of carbonyl (C=O) groups is 1. The van der Waals surface area contributed by atoms with Crippen molar-refractivity contribution in [2.24, 2.45) is 0 Å². The van der Waals surface area contributed by atoms with Crippen LogP contribution in [0.15, 0.2) is 67.1 Å². The lowest BCUT2D eigenvalue weighted by Crippen LogP contribution is -2.13. The van der Waals surface area contributed by atoms with E-state index in [4.69, 9.17) is 11.6 Å². The molecule has 0 saturated carbocycles. The Morgan fingerprint density at radius 2 is 1.92 bits per heavy atom. The summed E-state index contributed by atoms with van der Waals surface area (Å²) < 4.78 is 0. The molecular formula is C18H15ClN4O. The van der Waals surface area contributed by atoms with Crippen molar-refractivity contribution in [1.29, 1.82) is 0 Å². The lowest BCUT2D eigenvalue weighted by molar-refractivity contribution is 0.102. The summed E-state index contributed by atoms with van der Waals surface area (Å²) in [7, 11) is 0. The predicted octanol–water partition coefficient (Wildman–Crippen LogP) is 3.99. The zero-order chi connectivity index (χ0) is 16.8. The molecule has 2 heterocycles. The first-order valence-corrected chi connectivity index (χ1v) is 7.75. The van der Waals surface area contributed by atoms with Crippen molar-refractivity contribution in [2.45, 2.75) is 6.54 Å². The maximum absolute atomic E-state index is 12.2. The Morgan fingerprint density at radius 1 is 1.04 bits per heavy atom. The second-order valence-electron chi connectivity index (χ2n) is 5.08. The number of benzene rings is 1. The van der Waals surface area contributed by atoms with Gasteiger partial charge in [0.2, 0.25) is 0 Å². The molecule has 0 aliphatic rings. The van der Waals surface area contributed by atoms with Gasteiger partial charge in [0.05, 0.1) is 22.5 Å². The molecule has 3 rings (SSSR count). The van der Waals surface area contributed by atoms with Crippen molar-refractivity contribution >= 4 is 29.0 Å². The number of nitrogens with zero attached hydrogens (tertiary/aromatic N) is 2. The summed E-state index contributed by atoms with van der Waals surface area (Å²) in [5, 5.41) is 6.38. The number of nitrogens with one attached hydrogen (secondary N) is 2. The highest BCUT2D eigenvalue weighted by molar-refractivity contribution is 6.34. The largest absolute Gasteiger partial charge is 0.380 e. The molecule has 0 fully saturated rings. The molecule has 2 aromatic heterocycles. The molecule has 3 aromatic rings. The molecule has 2 N–H and O–H groups in total. The first-order valence-electron chi connectivity index (χ1n) is 7.37. The van der Waals surface area contributed by atoms with Gasteiger partial charge in [0, 0.05) is 18.9 Å². The third-order valence-electron chi connectivity index (χ3n) is 3.34. The summed E-state index contributed by atoms with van der Waals surface area (Å²) in [6.07, 6.45) is 5.21.